The highest BCUT2D eigenvalue weighted by Crippen LogP contribution is 2.32. The van der Waals surface area contributed by atoms with Crippen molar-refractivity contribution in [1.29, 1.82) is 0 Å². The molecule has 0 bridgehead atoms. The number of hydrogen-bond donors (Lipinski definition) is 2. The SMILES string of the molecule is COc1ccc(Cl)cc1C(N)C1CNC1. The van der Waals surface area contributed by atoms with Crippen LogP contribution in [0.1, 0.15) is 11.6 Å². The normalized spacial score (nSPS) is 18.3. The minimum Gasteiger partial charge on any atom is -0.496 e. The topological polar surface area (TPSA) is 47.3 Å². The molecule has 1 unspecified atom stereocenters. The van der Waals surface area contributed by atoms with Crippen LogP contribution >= 0.6 is 11.6 Å². The number of halogens is 1. The molecule has 0 aromatic heterocycles. The van der Waals surface area contributed by atoms with E-state index in [1.165, 1.54) is 0 Å². The summed E-state index contributed by atoms with van der Waals surface area (Å²) in [7, 11) is 1.65. The quantitative estimate of drug-likeness (QED) is 0.823. The fraction of sp³-hybridized carbons (Fsp3) is 0.455. The lowest BCUT2D eigenvalue weighted by Crippen LogP contribution is -2.47. The zero-order valence-electron chi connectivity index (χ0n) is 8.66. The van der Waals surface area contributed by atoms with Crippen molar-refractivity contribution in [2.75, 3.05) is 20.2 Å². The van der Waals surface area contributed by atoms with Crippen LogP contribution in [0.25, 0.3) is 0 Å². The van der Waals surface area contributed by atoms with E-state index in [1.807, 2.05) is 18.2 Å². The molecule has 3 N–H and O–H groups in total. The maximum Gasteiger partial charge on any atom is 0.123 e. The molecule has 0 radical (unpaired) electrons. The summed E-state index contributed by atoms with van der Waals surface area (Å²) in [4.78, 5) is 0. The van der Waals surface area contributed by atoms with Crippen molar-refractivity contribution in [1.82, 2.24) is 5.32 Å². The van der Waals surface area contributed by atoms with Gasteiger partial charge in [0.05, 0.1) is 7.11 Å². The predicted octanol–water partition coefficient (Wildman–Crippen LogP) is 1.57. The minimum absolute atomic E-state index is 0.0000926. The number of ether oxygens (including phenoxy) is 1. The summed E-state index contributed by atoms with van der Waals surface area (Å²) < 4.78 is 5.28. The Bertz CT molecular complexity index is 352. The Hall–Kier alpha value is -0.770. The molecule has 0 saturated carbocycles. The summed E-state index contributed by atoms with van der Waals surface area (Å²) in [6.07, 6.45) is 0. The second kappa shape index (κ2) is 4.39. The molecular weight excluding hydrogens is 212 g/mol. The fourth-order valence-corrected chi connectivity index (χ4v) is 1.97. The van der Waals surface area contributed by atoms with E-state index in [9.17, 15) is 0 Å². The fourth-order valence-electron chi connectivity index (χ4n) is 1.78. The number of hydrogen-bond acceptors (Lipinski definition) is 3. The van der Waals surface area contributed by atoms with Gasteiger partial charge in [0, 0.05) is 35.6 Å². The molecular formula is C11H15ClN2O. The van der Waals surface area contributed by atoms with Crippen LogP contribution in [0.15, 0.2) is 18.2 Å². The Labute approximate surface area is 94.6 Å². The third-order valence-electron chi connectivity index (χ3n) is 2.87. The van der Waals surface area contributed by atoms with Crippen molar-refractivity contribution in [3.05, 3.63) is 28.8 Å². The van der Waals surface area contributed by atoms with Gasteiger partial charge in [-0.25, -0.2) is 0 Å². The van der Waals surface area contributed by atoms with Crippen molar-refractivity contribution in [3.63, 3.8) is 0 Å². The molecule has 1 fully saturated rings. The number of benzene rings is 1. The van der Waals surface area contributed by atoms with E-state index in [2.05, 4.69) is 5.32 Å². The molecule has 0 spiro atoms. The zero-order chi connectivity index (χ0) is 10.8. The molecule has 1 aliphatic heterocycles. The van der Waals surface area contributed by atoms with Crippen LogP contribution in [0.3, 0.4) is 0 Å². The molecule has 1 heterocycles. The third kappa shape index (κ3) is 2.09. The smallest absolute Gasteiger partial charge is 0.123 e. The summed E-state index contributed by atoms with van der Waals surface area (Å²) in [5.41, 5.74) is 7.16. The molecule has 1 saturated heterocycles. The van der Waals surface area contributed by atoms with Gasteiger partial charge in [-0.3, -0.25) is 0 Å². The van der Waals surface area contributed by atoms with Crippen molar-refractivity contribution in [2.45, 2.75) is 6.04 Å². The molecule has 0 amide bonds. The Morgan fingerprint density at radius 2 is 2.27 bits per heavy atom. The second-order valence-electron chi connectivity index (χ2n) is 3.83. The van der Waals surface area contributed by atoms with Crippen LogP contribution in [0.2, 0.25) is 5.02 Å². The lowest BCUT2D eigenvalue weighted by Gasteiger charge is -2.33. The molecule has 2 rings (SSSR count). The first-order valence-electron chi connectivity index (χ1n) is 5.02. The van der Waals surface area contributed by atoms with Crippen LogP contribution in [-0.2, 0) is 0 Å². The monoisotopic (exact) mass is 226 g/mol. The van der Waals surface area contributed by atoms with Crippen molar-refractivity contribution in [3.8, 4) is 5.75 Å². The highest BCUT2D eigenvalue weighted by Gasteiger charge is 2.27. The average Bonchev–Trinajstić information content (AvgIpc) is 2.15. The van der Waals surface area contributed by atoms with Gasteiger partial charge in [0.25, 0.3) is 0 Å². The molecule has 3 nitrogen and oxygen atoms in total. The Balaban J connectivity index is 2.27. The summed E-state index contributed by atoms with van der Waals surface area (Å²) in [5.74, 6) is 1.30. The van der Waals surface area contributed by atoms with Crippen molar-refractivity contribution in [2.24, 2.45) is 11.7 Å². The number of methoxy groups -OCH3 is 1. The first-order chi connectivity index (χ1) is 7.22. The highest BCUT2D eigenvalue weighted by molar-refractivity contribution is 6.30. The van der Waals surface area contributed by atoms with E-state index in [4.69, 9.17) is 22.1 Å². The van der Waals surface area contributed by atoms with Crippen LogP contribution in [0, 0.1) is 5.92 Å². The molecule has 1 aromatic carbocycles. The standard InChI is InChI=1S/C11H15ClN2O/c1-15-10-3-2-8(12)4-9(10)11(13)7-5-14-6-7/h2-4,7,11,14H,5-6,13H2,1H3. The number of rotatable bonds is 3. The number of nitrogens with one attached hydrogen (secondary N) is 1. The van der Waals surface area contributed by atoms with Gasteiger partial charge in [0.1, 0.15) is 5.75 Å². The third-order valence-corrected chi connectivity index (χ3v) is 3.11. The van der Waals surface area contributed by atoms with Crippen LogP contribution in [0.5, 0.6) is 5.75 Å². The molecule has 1 aliphatic rings. The largest absolute Gasteiger partial charge is 0.496 e. The van der Waals surface area contributed by atoms with Crippen LogP contribution in [0.4, 0.5) is 0 Å². The van der Waals surface area contributed by atoms with Crippen LogP contribution in [-0.4, -0.2) is 20.2 Å². The number of nitrogens with two attached hydrogens (primary N) is 1. The Morgan fingerprint density at radius 3 is 2.80 bits per heavy atom. The second-order valence-corrected chi connectivity index (χ2v) is 4.27. The van der Waals surface area contributed by atoms with Gasteiger partial charge in [-0.15, -0.1) is 0 Å². The van der Waals surface area contributed by atoms with Crippen molar-refractivity contribution < 1.29 is 4.74 Å². The van der Waals surface area contributed by atoms with Gasteiger partial charge in [0.2, 0.25) is 0 Å². The van der Waals surface area contributed by atoms with E-state index in [0.717, 1.165) is 24.4 Å². The van der Waals surface area contributed by atoms with Gasteiger partial charge in [-0.05, 0) is 18.2 Å². The van der Waals surface area contributed by atoms with E-state index in [-0.39, 0.29) is 6.04 Å². The first-order valence-corrected chi connectivity index (χ1v) is 5.40. The first kappa shape index (κ1) is 10.7. The molecule has 1 aromatic rings. The Morgan fingerprint density at radius 1 is 1.53 bits per heavy atom. The molecule has 0 aliphatic carbocycles. The van der Waals surface area contributed by atoms with E-state index >= 15 is 0 Å². The van der Waals surface area contributed by atoms with E-state index < -0.39 is 0 Å². The Kier molecular flexibility index (Phi) is 3.14. The maximum atomic E-state index is 6.17. The molecule has 82 valence electrons. The highest BCUT2D eigenvalue weighted by atomic mass is 35.5. The van der Waals surface area contributed by atoms with E-state index in [1.54, 1.807) is 7.11 Å². The lowest BCUT2D eigenvalue weighted by atomic mass is 9.89. The summed E-state index contributed by atoms with van der Waals surface area (Å²) >= 11 is 5.96. The molecule has 15 heavy (non-hydrogen) atoms. The van der Waals surface area contributed by atoms with Crippen molar-refractivity contribution >= 4 is 11.6 Å². The zero-order valence-corrected chi connectivity index (χ0v) is 9.42. The lowest BCUT2D eigenvalue weighted by molar-refractivity contribution is 0.288. The predicted molar refractivity (Wildman–Crippen MR) is 61.3 cm³/mol. The van der Waals surface area contributed by atoms with Gasteiger partial charge in [-0.1, -0.05) is 11.6 Å². The summed E-state index contributed by atoms with van der Waals surface area (Å²) in [6.45, 7) is 1.94. The van der Waals surface area contributed by atoms with Gasteiger partial charge in [0.15, 0.2) is 0 Å². The van der Waals surface area contributed by atoms with E-state index in [0.29, 0.717) is 10.9 Å². The average molecular weight is 227 g/mol. The van der Waals surface area contributed by atoms with Gasteiger partial charge in [-0.2, -0.15) is 0 Å². The van der Waals surface area contributed by atoms with Gasteiger partial charge >= 0.3 is 0 Å². The molecule has 1 atom stereocenters. The van der Waals surface area contributed by atoms with Crippen LogP contribution < -0.4 is 15.8 Å². The van der Waals surface area contributed by atoms with Gasteiger partial charge < -0.3 is 15.8 Å². The summed E-state index contributed by atoms with van der Waals surface area (Å²) in [5, 5.41) is 3.91. The molecule has 4 heteroatoms. The summed E-state index contributed by atoms with van der Waals surface area (Å²) in [6, 6.07) is 5.57. The maximum absolute atomic E-state index is 6.17. The minimum atomic E-state index is -0.0000926.